The SMILES string of the molecule is CCc1ccc(C(O)C(C)N(CC2CC2)C(C)C)cc1. The second kappa shape index (κ2) is 6.73. The minimum Gasteiger partial charge on any atom is -0.387 e. The molecule has 2 nitrogen and oxygen atoms in total. The summed E-state index contributed by atoms with van der Waals surface area (Å²) in [6.45, 7) is 9.89. The predicted molar refractivity (Wildman–Crippen MR) is 84.8 cm³/mol. The first-order valence-electron chi connectivity index (χ1n) is 8.05. The Labute approximate surface area is 123 Å². The van der Waals surface area contributed by atoms with Crippen LogP contribution in [0.2, 0.25) is 0 Å². The normalized spacial score (nSPS) is 18.6. The summed E-state index contributed by atoms with van der Waals surface area (Å²) < 4.78 is 0. The van der Waals surface area contributed by atoms with Gasteiger partial charge in [-0.1, -0.05) is 31.2 Å². The zero-order valence-corrected chi connectivity index (χ0v) is 13.3. The first-order valence-corrected chi connectivity index (χ1v) is 8.05. The molecule has 112 valence electrons. The molecule has 2 unspecified atom stereocenters. The third kappa shape index (κ3) is 3.83. The van der Waals surface area contributed by atoms with Crippen LogP contribution in [0.3, 0.4) is 0 Å². The number of hydrogen-bond acceptors (Lipinski definition) is 2. The van der Waals surface area contributed by atoms with Crippen LogP contribution < -0.4 is 0 Å². The molecular weight excluding hydrogens is 246 g/mol. The van der Waals surface area contributed by atoms with Crippen LogP contribution in [0.4, 0.5) is 0 Å². The van der Waals surface area contributed by atoms with Gasteiger partial charge < -0.3 is 5.11 Å². The number of rotatable bonds is 7. The Morgan fingerprint density at radius 2 is 1.75 bits per heavy atom. The Morgan fingerprint density at radius 3 is 2.20 bits per heavy atom. The number of aliphatic hydroxyl groups is 1. The van der Waals surface area contributed by atoms with E-state index >= 15 is 0 Å². The van der Waals surface area contributed by atoms with E-state index in [1.807, 2.05) is 0 Å². The molecule has 0 saturated heterocycles. The van der Waals surface area contributed by atoms with Crippen LogP contribution in [0, 0.1) is 5.92 Å². The van der Waals surface area contributed by atoms with E-state index in [1.54, 1.807) is 0 Å². The maximum absolute atomic E-state index is 10.7. The Bertz CT molecular complexity index is 408. The van der Waals surface area contributed by atoms with E-state index in [9.17, 15) is 5.11 Å². The molecule has 0 heterocycles. The fraction of sp³-hybridized carbons (Fsp3) is 0.667. The largest absolute Gasteiger partial charge is 0.387 e. The van der Waals surface area contributed by atoms with Crippen LogP contribution in [0.5, 0.6) is 0 Å². The van der Waals surface area contributed by atoms with Crippen molar-refractivity contribution < 1.29 is 5.11 Å². The Balaban J connectivity index is 2.05. The maximum Gasteiger partial charge on any atom is 0.0942 e. The molecule has 0 radical (unpaired) electrons. The van der Waals surface area contributed by atoms with Crippen LogP contribution in [0.1, 0.15) is 57.8 Å². The lowest BCUT2D eigenvalue weighted by atomic mass is 9.99. The zero-order chi connectivity index (χ0) is 14.7. The number of aliphatic hydroxyl groups excluding tert-OH is 1. The van der Waals surface area contributed by atoms with Crippen LogP contribution in [0.15, 0.2) is 24.3 Å². The zero-order valence-electron chi connectivity index (χ0n) is 13.3. The molecule has 2 atom stereocenters. The summed E-state index contributed by atoms with van der Waals surface area (Å²) in [6, 6.07) is 9.07. The standard InChI is InChI=1S/C18H29NO/c1-5-15-8-10-17(11-9-15)18(20)14(4)19(13(2)3)12-16-6-7-16/h8-11,13-14,16,18,20H,5-7,12H2,1-4H3. The van der Waals surface area contributed by atoms with Crippen molar-refractivity contribution in [3.05, 3.63) is 35.4 Å². The summed E-state index contributed by atoms with van der Waals surface area (Å²) in [6.07, 6.45) is 3.36. The van der Waals surface area contributed by atoms with Crippen LogP contribution in [-0.2, 0) is 6.42 Å². The molecule has 0 bridgehead atoms. The molecule has 2 heteroatoms. The highest BCUT2D eigenvalue weighted by Crippen LogP contribution is 2.32. The summed E-state index contributed by atoms with van der Waals surface area (Å²) in [5, 5.41) is 10.7. The highest BCUT2D eigenvalue weighted by molar-refractivity contribution is 5.25. The van der Waals surface area contributed by atoms with Gasteiger partial charge in [-0.2, -0.15) is 0 Å². The van der Waals surface area contributed by atoms with Crippen molar-refractivity contribution in [2.45, 2.75) is 65.1 Å². The van der Waals surface area contributed by atoms with Gasteiger partial charge in [0, 0.05) is 18.6 Å². The van der Waals surface area contributed by atoms with Gasteiger partial charge in [0.1, 0.15) is 0 Å². The van der Waals surface area contributed by atoms with Gasteiger partial charge in [-0.3, -0.25) is 4.90 Å². The Hall–Kier alpha value is -0.860. The predicted octanol–water partition coefficient (Wildman–Crippen LogP) is 3.79. The molecule has 1 aliphatic rings. The van der Waals surface area contributed by atoms with Gasteiger partial charge >= 0.3 is 0 Å². The van der Waals surface area contributed by atoms with Gasteiger partial charge in [0.15, 0.2) is 0 Å². The van der Waals surface area contributed by atoms with Gasteiger partial charge in [-0.25, -0.2) is 0 Å². The maximum atomic E-state index is 10.7. The third-order valence-corrected chi connectivity index (χ3v) is 4.54. The van der Waals surface area contributed by atoms with Crippen molar-refractivity contribution in [2.24, 2.45) is 5.92 Å². The van der Waals surface area contributed by atoms with Crippen LogP contribution in [0.25, 0.3) is 0 Å². The van der Waals surface area contributed by atoms with Crippen molar-refractivity contribution in [2.75, 3.05) is 6.54 Å². The van der Waals surface area contributed by atoms with Crippen molar-refractivity contribution in [3.8, 4) is 0 Å². The molecule has 20 heavy (non-hydrogen) atoms. The molecule has 1 fully saturated rings. The minimum atomic E-state index is -0.401. The monoisotopic (exact) mass is 275 g/mol. The first-order chi connectivity index (χ1) is 9.52. The first kappa shape index (κ1) is 15.5. The Morgan fingerprint density at radius 1 is 1.15 bits per heavy atom. The van der Waals surface area contributed by atoms with Crippen molar-refractivity contribution in [1.82, 2.24) is 4.90 Å². The molecule has 2 rings (SSSR count). The highest BCUT2D eigenvalue weighted by Gasteiger charge is 2.31. The molecule has 1 aromatic rings. The van der Waals surface area contributed by atoms with Crippen molar-refractivity contribution >= 4 is 0 Å². The fourth-order valence-electron chi connectivity index (χ4n) is 2.86. The molecule has 1 saturated carbocycles. The second-order valence-electron chi connectivity index (χ2n) is 6.51. The lowest BCUT2D eigenvalue weighted by Crippen LogP contribution is -2.43. The topological polar surface area (TPSA) is 23.5 Å². The molecule has 1 N–H and O–H groups in total. The smallest absolute Gasteiger partial charge is 0.0942 e. The van der Waals surface area contributed by atoms with E-state index < -0.39 is 6.10 Å². The molecule has 0 amide bonds. The number of nitrogens with zero attached hydrogens (tertiary/aromatic N) is 1. The summed E-state index contributed by atoms with van der Waals surface area (Å²) >= 11 is 0. The van der Waals surface area contributed by atoms with E-state index in [4.69, 9.17) is 0 Å². The van der Waals surface area contributed by atoms with Gasteiger partial charge in [0.05, 0.1) is 6.10 Å². The molecule has 0 spiro atoms. The molecular formula is C18H29NO. The van der Waals surface area contributed by atoms with Crippen LogP contribution >= 0.6 is 0 Å². The van der Waals surface area contributed by atoms with Crippen LogP contribution in [-0.4, -0.2) is 28.6 Å². The fourth-order valence-corrected chi connectivity index (χ4v) is 2.86. The minimum absolute atomic E-state index is 0.170. The molecule has 0 aliphatic heterocycles. The van der Waals surface area contributed by atoms with Crippen molar-refractivity contribution in [1.29, 1.82) is 0 Å². The lowest BCUT2D eigenvalue weighted by Gasteiger charge is -2.35. The van der Waals surface area contributed by atoms with Gasteiger partial charge in [-0.05, 0) is 57.1 Å². The summed E-state index contributed by atoms with van der Waals surface area (Å²) in [5.41, 5.74) is 2.36. The van der Waals surface area contributed by atoms with E-state index in [1.165, 1.54) is 18.4 Å². The van der Waals surface area contributed by atoms with E-state index in [-0.39, 0.29) is 6.04 Å². The number of aryl methyl sites for hydroxylation is 1. The van der Waals surface area contributed by atoms with Gasteiger partial charge in [-0.15, -0.1) is 0 Å². The average Bonchev–Trinajstić information content (AvgIpc) is 3.27. The highest BCUT2D eigenvalue weighted by atomic mass is 16.3. The van der Waals surface area contributed by atoms with Gasteiger partial charge in [0.25, 0.3) is 0 Å². The summed E-state index contributed by atoms with van der Waals surface area (Å²) in [7, 11) is 0. The molecule has 1 aliphatic carbocycles. The Kier molecular flexibility index (Phi) is 5.22. The summed E-state index contributed by atoms with van der Waals surface area (Å²) in [4.78, 5) is 2.45. The number of benzene rings is 1. The molecule has 1 aromatic carbocycles. The second-order valence-corrected chi connectivity index (χ2v) is 6.51. The molecule has 0 aromatic heterocycles. The van der Waals surface area contributed by atoms with Crippen molar-refractivity contribution in [3.63, 3.8) is 0 Å². The van der Waals surface area contributed by atoms with E-state index in [2.05, 4.69) is 56.9 Å². The van der Waals surface area contributed by atoms with E-state index in [0.29, 0.717) is 6.04 Å². The van der Waals surface area contributed by atoms with Gasteiger partial charge in [0.2, 0.25) is 0 Å². The summed E-state index contributed by atoms with van der Waals surface area (Å²) in [5.74, 6) is 0.856. The third-order valence-electron chi connectivity index (χ3n) is 4.54. The lowest BCUT2D eigenvalue weighted by molar-refractivity contribution is 0.0372. The quantitative estimate of drug-likeness (QED) is 0.818. The average molecular weight is 275 g/mol. The van der Waals surface area contributed by atoms with E-state index in [0.717, 1.165) is 24.4 Å². The number of hydrogen-bond donors (Lipinski definition) is 1.